The highest BCUT2D eigenvalue weighted by atomic mass is 32.1. The minimum Gasteiger partial charge on any atom is -0.324 e. The van der Waals surface area contributed by atoms with E-state index in [1.165, 1.54) is 0 Å². The largest absolute Gasteiger partial charge is 0.324 e. The second kappa shape index (κ2) is 8.32. The van der Waals surface area contributed by atoms with Gasteiger partial charge in [-0.15, -0.1) is 11.3 Å². The number of anilines is 1. The van der Waals surface area contributed by atoms with Crippen LogP contribution in [-0.4, -0.2) is 33.4 Å². The van der Waals surface area contributed by atoms with E-state index in [-0.39, 0.29) is 18.0 Å². The van der Waals surface area contributed by atoms with Gasteiger partial charge in [0.25, 0.3) is 5.56 Å². The standard InChI is InChI=1S/C23H28N4O2S/c1-14-8-7-9-18(15(14)2)24-20(28)13-27-19(12-26-10-5-6-11-26)25-22-21(23(27)29)16(3)17(4)30-22/h7-9H,5-6,10-13H2,1-4H3,(H,24,28). The van der Waals surface area contributed by atoms with Crippen LogP contribution in [0.5, 0.6) is 0 Å². The van der Waals surface area contributed by atoms with Crippen LogP contribution in [0.15, 0.2) is 23.0 Å². The van der Waals surface area contributed by atoms with E-state index < -0.39 is 0 Å². The Balaban J connectivity index is 1.70. The minimum absolute atomic E-state index is 0.0351. The van der Waals surface area contributed by atoms with Crippen LogP contribution >= 0.6 is 11.3 Å². The Bertz CT molecular complexity index is 1170. The van der Waals surface area contributed by atoms with Gasteiger partial charge in [-0.2, -0.15) is 0 Å². The van der Waals surface area contributed by atoms with Crippen molar-refractivity contribution in [2.45, 2.75) is 53.6 Å². The Kier molecular flexibility index (Phi) is 5.75. The lowest BCUT2D eigenvalue weighted by Gasteiger charge is -2.18. The maximum absolute atomic E-state index is 13.4. The van der Waals surface area contributed by atoms with Gasteiger partial charge in [0.1, 0.15) is 17.2 Å². The highest BCUT2D eigenvalue weighted by Crippen LogP contribution is 2.27. The molecule has 0 bridgehead atoms. The summed E-state index contributed by atoms with van der Waals surface area (Å²) in [7, 11) is 0. The number of hydrogen-bond acceptors (Lipinski definition) is 5. The molecule has 1 amide bonds. The molecule has 1 fully saturated rings. The van der Waals surface area contributed by atoms with Crippen LogP contribution in [0, 0.1) is 27.7 Å². The Labute approximate surface area is 180 Å². The molecule has 4 rings (SSSR count). The number of fused-ring (bicyclic) bond motifs is 1. The van der Waals surface area contributed by atoms with Crippen LogP contribution < -0.4 is 10.9 Å². The molecule has 0 aliphatic carbocycles. The van der Waals surface area contributed by atoms with Gasteiger partial charge in [-0.05, 0) is 76.4 Å². The topological polar surface area (TPSA) is 67.2 Å². The van der Waals surface area contributed by atoms with Gasteiger partial charge in [0, 0.05) is 10.6 Å². The first-order chi connectivity index (χ1) is 14.3. The third-order valence-electron chi connectivity index (χ3n) is 6.11. The smallest absolute Gasteiger partial charge is 0.263 e. The highest BCUT2D eigenvalue weighted by molar-refractivity contribution is 7.18. The molecule has 3 aromatic rings. The number of nitrogens with one attached hydrogen (secondary N) is 1. The highest BCUT2D eigenvalue weighted by Gasteiger charge is 2.21. The summed E-state index contributed by atoms with van der Waals surface area (Å²) in [5.74, 6) is 0.464. The molecule has 0 spiro atoms. The summed E-state index contributed by atoms with van der Waals surface area (Å²) in [6.45, 7) is 10.5. The first kappa shape index (κ1) is 20.8. The quantitative estimate of drug-likeness (QED) is 0.674. The molecule has 6 nitrogen and oxygen atoms in total. The van der Waals surface area contributed by atoms with Crippen LogP contribution in [-0.2, 0) is 17.9 Å². The van der Waals surface area contributed by atoms with Crippen molar-refractivity contribution >= 4 is 33.1 Å². The molecule has 158 valence electrons. The number of likely N-dealkylation sites (tertiary alicyclic amines) is 1. The van der Waals surface area contributed by atoms with Gasteiger partial charge in [-0.3, -0.25) is 19.1 Å². The Morgan fingerprint density at radius 2 is 1.87 bits per heavy atom. The van der Waals surface area contributed by atoms with Crippen molar-refractivity contribution in [1.82, 2.24) is 14.5 Å². The van der Waals surface area contributed by atoms with E-state index in [1.807, 2.05) is 45.9 Å². The molecular formula is C23H28N4O2S. The van der Waals surface area contributed by atoms with E-state index in [2.05, 4.69) is 10.2 Å². The minimum atomic E-state index is -0.209. The van der Waals surface area contributed by atoms with Crippen molar-refractivity contribution in [2.24, 2.45) is 0 Å². The van der Waals surface area contributed by atoms with E-state index in [1.54, 1.807) is 15.9 Å². The number of aromatic nitrogens is 2. The Morgan fingerprint density at radius 3 is 2.60 bits per heavy atom. The van der Waals surface area contributed by atoms with Gasteiger partial charge in [0.05, 0.1) is 11.9 Å². The van der Waals surface area contributed by atoms with Crippen molar-refractivity contribution in [2.75, 3.05) is 18.4 Å². The fraction of sp³-hybridized carbons (Fsp3) is 0.435. The second-order valence-electron chi connectivity index (χ2n) is 8.16. The van der Waals surface area contributed by atoms with Gasteiger partial charge in [0.15, 0.2) is 0 Å². The molecule has 1 aliphatic heterocycles. The van der Waals surface area contributed by atoms with Crippen molar-refractivity contribution in [1.29, 1.82) is 0 Å². The average Bonchev–Trinajstić information content (AvgIpc) is 3.30. The molecule has 1 N–H and O–H groups in total. The molecule has 0 saturated carbocycles. The summed E-state index contributed by atoms with van der Waals surface area (Å²) in [6, 6.07) is 5.83. The molecule has 2 aromatic heterocycles. The van der Waals surface area contributed by atoms with Gasteiger partial charge >= 0.3 is 0 Å². The number of amides is 1. The lowest BCUT2D eigenvalue weighted by atomic mass is 10.1. The van der Waals surface area contributed by atoms with Gasteiger partial charge < -0.3 is 5.32 Å². The molecule has 30 heavy (non-hydrogen) atoms. The number of carbonyl (C=O) groups is 1. The zero-order valence-electron chi connectivity index (χ0n) is 18.0. The predicted octanol–water partition coefficient (Wildman–Crippen LogP) is 3.93. The van der Waals surface area contributed by atoms with Crippen molar-refractivity contribution < 1.29 is 4.79 Å². The zero-order chi connectivity index (χ0) is 21.4. The summed E-state index contributed by atoms with van der Waals surface area (Å²) < 4.78 is 1.57. The normalized spacial score (nSPS) is 14.5. The molecule has 0 atom stereocenters. The number of carbonyl (C=O) groups excluding carboxylic acids is 1. The van der Waals surface area contributed by atoms with Crippen molar-refractivity contribution in [3.8, 4) is 0 Å². The summed E-state index contributed by atoms with van der Waals surface area (Å²) in [5, 5.41) is 3.62. The fourth-order valence-corrected chi connectivity index (χ4v) is 5.05. The first-order valence-electron chi connectivity index (χ1n) is 10.4. The molecular weight excluding hydrogens is 396 g/mol. The molecule has 0 radical (unpaired) electrons. The van der Waals surface area contributed by atoms with Crippen LogP contribution in [0.3, 0.4) is 0 Å². The third kappa shape index (κ3) is 3.91. The second-order valence-corrected chi connectivity index (χ2v) is 9.36. The maximum Gasteiger partial charge on any atom is 0.263 e. The molecule has 1 saturated heterocycles. The van der Waals surface area contributed by atoms with Crippen molar-refractivity contribution in [3.05, 3.63) is 55.9 Å². The predicted molar refractivity (Wildman–Crippen MR) is 122 cm³/mol. The number of nitrogens with zero attached hydrogens (tertiary/aromatic N) is 3. The fourth-order valence-electron chi connectivity index (χ4n) is 4.01. The summed E-state index contributed by atoms with van der Waals surface area (Å²) >= 11 is 1.56. The van der Waals surface area contributed by atoms with Gasteiger partial charge in [0.2, 0.25) is 5.91 Å². The van der Waals surface area contributed by atoms with E-state index >= 15 is 0 Å². The third-order valence-corrected chi connectivity index (χ3v) is 7.21. The molecule has 0 unspecified atom stereocenters. The summed E-state index contributed by atoms with van der Waals surface area (Å²) in [6.07, 6.45) is 2.33. The monoisotopic (exact) mass is 424 g/mol. The summed E-state index contributed by atoms with van der Waals surface area (Å²) in [5.41, 5.74) is 3.78. The SMILES string of the molecule is Cc1cccc(NC(=O)Cn2c(CN3CCCC3)nc3sc(C)c(C)c3c2=O)c1C. The lowest BCUT2D eigenvalue weighted by molar-refractivity contribution is -0.116. The zero-order valence-corrected chi connectivity index (χ0v) is 18.9. The maximum atomic E-state index is 13.4. The van der Waals surface area contributed by atoms with E-state index in [9.17, 15) is 9.59 Å². The number of aryl methyl sites for hydroxylation is 3. The van der Waals surface area contributed by atoms with Gasteiger partial charge in [-0.25, -0.2) is 4.98 Å². The summed E-state index contributed by atoms with van der Waals surface area (Å²) in [4.78, 5) is 35.3. The number of rotatable bonds is 5. The van der Waals surface area contributed by atoms with Crippen LogP contribution in [0.2, 0.25) is 0 Å². The number of hydrogen-bond donors (Lipinski definition) is 1. The molecule has 3 heterocycles. The number of thiophene rings is 1. The average molecular weight is 425 g/mol. The van der Waals surface area contributed by atoms with E-state index in [0.717, 1.165) is 58.0 Å². The molecule has 1 aliphatic rings. The molecule has 7 heteroatoms. The van der Waals surface area contributed by atoms with E-state index in [0.29, 0.717) is 17.8 Å². The first-order valence-corrected chi connectivity index (χ1v) is 11.2. The Morgan fingerprint density at radius 1 is 1.13 bits per heavy atom. The Hall–Kier alpha value is -2.51. The lowest BCUT2D eigenvalue weighted by Crippen LogP contribution is -2.33. The van der Waals surface area contributed by atoms with Crippen LogP contribution in [0.4, 0.5) is 5.69 Å². The number of benzene rings is 1. The van der Waals surface area contributed by atoms with Crippen LogP contribution in [0.25, 0.3) is 10.2 Å². The molecule has 1 aromatic carbocycles. The van der Waals surface area contributed by atoms with E-state index in [4.69, 9.17) is 4.98 Å². The van der Waals surface area contributed by atoms with Crippen LogP contribution in [0.1, 0.15) is 40.2 Å². The van der Waals surface area contributed by atoms with Crippen molar-refractivity contribution in [3.63, 3.8) is 0 Å². The van der Waals surface area contributed by atoms with Gasteiger partial charge in [-0.1, -0.05) is 12.1 Å².